The van der Waals surface area contributed by atoms with Crippen molar-refractivity contribution in [3.63, 3.8) is 0 Å². The summed E-state index contributed by atoms with van der Waals surface area (Å²) in [6.45, 7) is -0.0779. The van der Waals surface area contributed by atoms with Crippen LogP contribution in [-0.4, -0.2) is 45.8 Å². The monoisotopic (exact) mass is 422 g/mol. The molecule has 8 heteroatoms. The molecule has 1 fully saturated rings. The number of carbonyl (C=O) groups is 4. The van der Waals surface area contributed by atoms with Crippen molar-refractivity contribution in [1.82, 2.24) is 10.2 Å². The Labute approximate surface area is 158 Å². The summed E-state index contributed by atoms with van der Waals surface area (Å²) in [5, 5.41) is 12.1. The van der Waals surface area contributed by atoms with Crippen LogP contribution < -0.4 is 5.32 Å². The summed E-state index contributed by atoms with van der Waals surface area (Å²) in [7, 11) is 0. The van der Waals surface area contributed by atoms with E-state index < -0.39 is 29.2 Å². The molecule has 0 atom stereocenters. The Morgan fingerprint density at radius 1 is 1.12 bits per heavy atom. The minimum Gasteiger partial charge on any atom is -0.480 e. The van der Waals surface area contributed by atoms with E-state index in [0.29, 0.717) is 28.4 Å². The number of hydrogen-bond donors (Lipinski definition) is 2. The van der Waals surface area contributed by atoms with Gasteiger partial charge in [0.1, 0.15) is 5.54 Å². The van der Waals surface area contributed by atoms with Crippen LogP contribution in [-0.2, 0) is 9.59 Å². The number of amides is 3. The molecular formula is C18H19BrN2O5. The third-order valence-corrected chi connectivity index (χ3v) is 5.48. The second-order valence-electron chi connectivity index (χ2n) is 6.70. The van der Waals surface area contributed by atoms with Gasteiger partial charge >= 0.3 is 5.97 Å². The van der Waals surface area contributed by atoms with Crippen LogP contribution >= 0.6 is 15.9 Å². The maximum Gasteiger partial charge on any atom is 0.329 e. The van der Waals surface area contributed by atoms with Gasteiger partial charge in [0.2, 0.25) is 5.91 Å². The lowest BCUT2D eigenvalue weighted by Crippen LogP contribution is -2.56. The van der Waals surface area contributed by atoms with Crippen molar-refractivity contribution in [2.24, 2.45) is 0 Å². The molecule has 0 saturated heterocycles. The molecule has 1 aromatic rings. The van der Waals surface area contributed by atoms with Gasteiger partial charge in [0.25, 0.3) is 11.8 Å². The number of fused-ring (bicyclic) bond motifs is 1. The first-order valence-electron chi connectivity index (χ1n) is 8.54. The quantitative estimate of drug-likeness (QED) is 0.708. The van der Waals surface area contributed by atoms with Crippen LogP contribution in [0.3, 0.4) is 0 Å². The molecule has 0 aromatic heterocycles. The lowest BCUT2D eigenvalue weighted by atomic mass is 9.81. The fraction of sp³-hybridized carbons (Fsp3) is 0.444. The Balaban J connectivity index is 1.64. The number of rotatable bonds is 5. The van der Waals surface area contributed by atoms with E-state index in [1.165, 1.54) is 0 Å². The first-order valence-corrected chi connectivity index (χ1v) is 9.33. The average molecular weight is 423 g/mol. The smallest absolute Gasteiger partial charge is 0.329 e. The molecule has 7 nitrogen and oxygen atoms in total. The zero-order chi connectivity index (χ0) is 18.9. The summed E-state index contributed by atoms with van der Waals surface area (Å²) in [6, 6.07) is 4.83. The molecule has 1 aliphatic carbocycles. The first kappa shape index (κ1) is 18.6. The highest BCUT2D eigenvalue weighted by Gasteiger charge is 2.41. The maximum absolute atomic E-state index is 12.4. The van der Waals surface area contributed by atoms with E-state index in [0.717, 1.165) is 24.2 Å². The number of nitrogens with one attached hydrogen (secondary N) is 1. The molecule has 1 aliphatic heterocycles. The lowest BCUT2D eigenvalue weighted by molar-refractivity contribution is -0.149. The van der Waals surface area contributed by atoms with E-state index in [1.807, 2.05) is 0 Å². The summed E-state index contributed by atoms with van der Waals surface area (Å²) in [5.74, 6) is -2.37. The van der Waals surface area contributed by atoms with Gasteiger partial charge in [-0.05, 0) is 31.0 Å². The zero-order valence-corrected chi connectivity index (χ0v) is 15.7. The first-order chi connectivity index (χ1) is 12.3. The number of benzene rings is 1. The van der Waals surface area contributed by atoms with Crippen LogP contribution in [0.15, 0.2) is 22.7 Å². The number of carboxylic acids is 1. The largest absolute Gasteiger partial charge is 0.480 e. The highest BCUT2D eigenvalue weighted by Crippen LogP contribution is 2.29. The van der Waals surface area contributed by atoms with E-state index in [1.54, 1.807) is 18.2 Å². The van der Waals surface area contributed by atoms with E-state index in [2.05, 4.69) is 21.2 Å². The summed E-state index contributed by atoms with van der Waals surface area (Å²) < 4.78 is 0.692. The Morgan fingerprint density at radius 3 is 2.42 bits per heavy atom. The Morgan fingerprint density at radius 2 is 1.77 bits per heavy atom. The Hall–Kier alpha value is -2.22. The van der Waals surface area contributed by atoms with Crippen molar-refractivity contribution in [1.29, 1.82) is 0 Å². The van der Waals surface area contributed by atoms with Gasteiger partial charge in [-0.25, -0.2) is 4.79 Å². The van der Waals surface area contributed by atoms with E-state index in [-0.39, 0.29) is 13.0 Å². The van der Waals surface area contributed by atoms with Crippen LogP contribution in [0.2, 0.25) is 0 Å². The van der Waals surface area contributed by atoms with Gasteiger partial charge in [-0.1, -0.05) is 35.2 Å². The molecule has 26 heavy (non-hydrogen) atoms. The molecule has 0 bridgehead atoms. The molecule has 2 aliphatic rings. The van der Waals surface area contributed by atoms with Crippen molar-refractivity contribution in [3.8, 4) is 0 Å². The van der Waals surface area contributed by atoms with Crippen LogP contribution in [0.5, 0.6) is 0 Å². The van der Waals surface area contributed by atoms with Gasteiger partial charge in [0, 0.05) is 17.4 Å². The number of halogens is 1. The van der Waals surface area contributed by atoms with E-state index in [4.69, 9.17) is 0 Å². The molecule has 3 rings (SSSR count). The predicted octanol–water partition coefficient (Wildman–Crippen LogP) is 2.34. The van der Waals surface area contributed by atoms with Gasteiger partial charge in [-0.2, -0.15) is 0 Å². The van der Waals surface area contributed by atoms with E-state index in [9.17, 15) is 24.3 Å². The van der Waals surface area contributed by atoms with Crippen molar-refractivity contribution < 1.29 is 24.3 Å². The summed E-state index contributed by atoms with van der Waals surface area (Å²) >= 11 is 3.27. The predicted molar refractivity (Wildman–Crippen MR) is 95.7 cm³/mol. The zero-order valence-electron chi connectivity index (χ0n) is 14.1. The summed E-state index contributed by atoms with van der Waals surface area (Å²) in [6.07, 6.45) is 3.13. The molecule has 1 heterocycles. The number of aliphatic carboxylic acids is 1. The van der Waals surface area contributed by atoms with Crippen molar-refractivity contribution in [2.75, 3.05) is 6.54 Å². The van der Waals surface area contributed by atoms with Gasteiger partial charge in [0.15, 0.2) is 0 Å². The normalized spacial score (nSPS) is 18.6. The number of carbonyl (C=O) groups excluding carboxylic acids is 3. The van der Waals surface area contributed by atoms with Crippen molar-refractivity contribution >= 4 is 39.6 Å². The second-order valence-corrected chi connectivity index (χ2v) is 7.61. The minimum atomic E-state index is -1.23. The molecule has 1 aromatic carbocycles. The van der Waals surface area contributed by atoms with Crippen LogP contribution in [0.1, 0.15) is 59.2 Å². The van der Waals surface area contributed by atoms with Gasteiger partial charge in [-0.15, -0.1) is 0 Å². The van der Waals surface area contributed by atoms with Gasteiger partial charge in [0.05, 0.1) is 11.1 Å². The van der Waals surface area contributed by atoms with Crippen LogP contribution in [0.4, 0.5) is 0 Å². The molecule has 0 unspecified atom stereocenters. The molecule has 0 radical (unpaired) electrons. The fourth-order valence-corrected chi connectivity index (χ4v) is 3.92. The third kappa shape index (κ3) is 3.38. The topological polar surface area (TPSA) is 104 Å². The van der Waals surface area contributed by atoms with E-state index >= 15 is 0 Å². The summed E-state index contributed by atoms with van der Waals surface area (Å²) in [4.78, 5) is 49.7. The Bertz CT molecular complexity index is 786. The molecule has 0 spiro atoms. The van der Waals surface area contributed by atoms with Crippen LogP contribution in [0, 0.1) is 0 Å². The average Bonchev–Trinajstić information content (AvgIpc) is 2.84. The second kappa shape index (κ2) is 7.19. The number of imide groups is 1. The van der Waals surface area contributed by atoms with Crippen LogP contribution in [0.25, 0.3) is 0 Å². The van der Waals surface area contributed by atoms with Gasteiger partial charge in [-0.3, -0.25) is 19.3 Å². The minimum absolute atomic E-state index is 0.0779. The molecular weight excluding hydrogens is 404 g/mol. The van der Waals surface area contributed by atoms with Gasteiger partial charge < -0.3 is 10.4 Å². The standard InChI is InChI=1S/C18H19BrN2O5/c19-11-4-5-12-13(10-11)16(24)21(15(12)23)9-6-14(22)20-18(17(25)26)7-2-1-3-8-18/h4-5,10H,1-3,6-9H2,(H,20,22)(H,25,26). The third-order valence-electron chi connectivity index (χ3n) is 4.99. The molecule has 1 saturated carbocycles. The summed E-state index contributed by atoms with van der Waals surface area (Å²) in [5.41, 5.74) is -0.616. The lowest BCUT2D eigenvalue weighted by Gasteiger charge is -2.34. The molecule has 138 valence electrons. The van der Waals surface area contributed by atoms with Crippen molar-refractivity contribution in [2.45, 2.75) is 44.1 Å². The Kier molecular flexibility index (Phi) is 5.13. The van der Waals surface area contributed by atoms with Crippen molar-refractivity contribution in [3.05, 3.63) is 33.8 Å². The number of nitrogens with zero attached hydrogens (tertiary/aromatic N) is 1. The highest BCUT2D eigenvalue weighted by molar-refractivity contribution is 9.10. The molecule has 3 amide bonds. The SMILES string of the molecule is O=C(CCN1C(=O)c2ccc(Br)cc2C1=O)NC1(C(=O)O)CCCCC1. The molecule has 2 N–H and O–H groups in total. The number of hydrogen-bond acceptors (Lipinski definition) is 4. The highest BCUT2D eigenvalue weighted by atomic mass is 79.9. The maximum atomic E-state index is 12.4. The number of carboxylic acid groups (broad SMARTS) is 1. The fourth-order valence-electron chi connectivity index (χ4n) is 3.56.